The van der Waals surface area contributed by atoms with Gasteiger partial charge in [-0.1, -0.05) is 0 Å². The van der Waals surface area contributed by atoms with E-state index in [1.807, 2.05) is 13.8 Å². The molecule has 0 atom stereocenters. The molecule has 18 heavy (non-hydrogen) atoms. The second-order valence-electron chi connectivity index (χ2n) is 4.05. The van der Waals surface area contributed by atoms with Crippen molar-refractivity contribution in [1.82, 2.24) is 9.88 Å². The fourth-order valence-corrected chi connectivity index (χ4v) is 1.99. The lowest BCUT2D eigenvalue weighted by atomic mass is 10.2. The summed E-state index contributed by atoms with van der Waals surface area (Å²) in [5.41, 5.74) is 6.12. The minimum atomic E-state index is -0.435. The van der Waals surface area contributed by atoms with E-state index >= 15 is 0 Å². The zero-order valence-corrected chi connectivity index (χ0v) is 11.5. The van der Waals surface area contributed by atoms with Crippen LogP contribution in [0.1, 0.15) is 19.5 Å². The van der Waals surface area contributed by atoms with Crippen molar-refractivity contribution in [2.75, 3.05) is 19.4 Å². The van der Waals surface area contributed by atoms with Gasteiger partial charge in [0.05, 0.1) is 19.2 Å². The van der Waals surface area contributed by atoms with Crippen molar-refractivity contribution in [3.63, 3.8) is 0 Å². The Hall–Kier alpha value is -1.63. The number of hydrogen-bond acceptors (Lipinski definition) is 6. The van der Waals surface area contributed by atoms with E-state index in [0.717, 1.165) is 0 Å². The molecule has 1 heterocycles. The van der Waals surface area contributed by atoms with Crippen LogP contribution in [-0.4, -0.2) is 41.5 Å². The fourth-order valence-electron chi connectivity index (χ4n) is 1.42. The molecular formula is C11H17N3O3S. The van der Waals surface area contributed by atoms with Crippen molar-refractivity contribution in [3.05, 3.63) is 11.1 Å². The number of amides is 1. The summed E-state index contributed by atoms with van der Waals surface area (Å²) < 4.78 is 4.57. The van der Waals surface area contributed by atoms with Crippen LogP contribution < -0.4 is 5.73 Å². The van der Waals surface area contributed by atoms with Gasteiger partial charge in [0.2, 0.25) is 5.91 Å². The van der Waals surface area contributed by atoms with E-state index in [-0.39, 0.29) is 24.9 Å². The highest BCUT2D eigenvalue weighted by atomic mass is 32.1. The minimum absolute atomic E-state index is 0.0490. The van der Waals surface area contributed by atoms with Crippen molar-refractivity contribution in [1.29, 1.82) is 0 Å². The smallest absolute Gasteiger partial charge is 0.325 e. The molecule has 6 nitrogen and oxygen atoms in total. The van der Waals surface area contributed by atoms with Gasteiger partial charge in [0, 0.05) is 11.4 Å². The maximum absolute atomic E-state index is 12.1. The van der Waals surface area contributed by atoms with Gasteiger partial charge < -0.3 is 15.4 Å². The van der Waals surface area contributed by atoms with E-state index in [4.69, 9.17) is 5.73 Å². The van der Waals surface area contributed by atoms with Crippen molar-refractivity contribution in [3.8, 4) is 0 Å². The van der Waals surface area contributed by atoms with E-state index in [1.165, 1.54) is 23.3 Å². The Morgan fingerprint density at radius 3 is 2.67 bits per heavy atom. The first-order chi connectivity index (χ1) is 8.43. The Labute approximate surface area is 110 Å². The lowest BCUT2D eigenvalue weighted by molar-refractivity contribution is -0.148. The average molecular weight is 271 g/mol. The summed E-state index contributed by atoms with van der Waals surface area (Å²) in [4.78, 5) is 28.8. The van der Waals surface area contributed by atoms with Gasteiger partial charge in [0.25, 0.3) is 0 Å². The summed E-state index contributed by atoms with van der Waals surface area (Å²) >= 11 is 1.29. The molecule has 0 bridgehead atoms. The normalized spacial score (nSPS) is 10.4. The molecule has 100 valence electrons. The van der Waals surface area contributed by atoms with Crippen LogP contribution in [0.25, 0.3) is 0 Å². The average Bonchev–Trinajstić information content (AvgIpc) is 2.70. The Balaban J connectivity index is 2.68. The van der Waals surface area contributed by atoms with Gasteiger partial charge in [-0.15, -0.1) is 11.3 Å². The van der Waals surface area contributed by atoms with Gasteiger partial charge in [-0.05, 0) is 13.8 Å². The van der Waals surface area contributed by atoms with Crippen molar-refractivity contribution in [2.45, 2.75) is 26.3 Å². The van der Waals surface area contributed by atoms with Crippen molar-refractivity contribution < 1.29 is 14.3 Å². The van der Waals surface area contributed by atoms with Crippen LogP contribution in [0.4, 0.5) is 5.13 Å². The number of carbonyl (C=O) groups excluding carboxylic acids is 2. The van der Waals surface area contributed by atoms with Crippen molar-refractivity contribution in [2.24, 2.45) is 0 Å². The van der Waals surface area contributed by atoms with Gasteiger partial charge in [-0.3, -0.25) is 9.59 Å². The molecule has 0 aliphatic rings. The highest BCUT2D eigenvalue weighted by Gasteiger charge is 2.21. The Morgan fingerprint density at radius 1 is 1.56 bits per heavy atom. The molecule has 1 rings (SSSR count). The van der Waals surface area contributed by atoms with Crippen LogP contribution in [0.15, 0.2) is 5.38 Å². The summed E-state index contributed by atoms with van der Waals surface area (Å²) in [6.45, 7) is 3.64. The SMILES string of the molecule is COC(=O)CN(C(=O)Cc1csc(N)n1)C(C)C. The molecule has 0 aliphatic heterocycles. The predicted octanol–water partition coefficient (Wildman–Crippen LogP) is 0.678. The molecule has 0 saturated carbocycles. The van der Waals surface area contributed by atoms with E-state index in [9.17, 15) is 9.59 Å². The molecule has 0 unspecified atom stereocenters. The van der Waals surface area contributed by atoms with E-state index in [0.29, 0.717) is 10.8 Å². The molecule has 2 N–H and O–H groups in total. The number of aromatic nitrogens is 1. The predicted molar refractivity (Wildman–Crippen MR) is 69.1 cm³/mol. The van der Waals surface area contributed by atoms with Gasteiger partial charge in [-0.25, -0.2) is 4.98 Å². The molecule has 1 amide bonds. The molecule has 7 heteroatoms. The number of hydrogen-bond donors (Lipinski definition) is 1. The molecule has 0 aromatic carbocycles. The van der Waals surface area contributed by atoms with Crippen LogP contribution in [0, 0.1) is 0 Å². The third-order valence-corrected chi connectivity index (χ3v) is 3.10. The third-order valence-electron chi connectivity index (χ3n) is 2.37. The molecular weight excluding hydrogens is 254 g/mol. The van der Waals surface area contributed by atoms with Gasteiger partial charge >= 0.3 is 5.97 Å². The number of nitrogen functional groups attached to an aromatic ring is 1. The van der Waals surface area contributed by atoms with Gasteiger partial charge in [-0.2, -0.15) is 0 Å². The summed E-state index contributed by atoms with van der Waals surface area (Å²) in [6, 6.07) is -0.0763. The number of esters is 1. The topological polar surface area (TPSA) is 85.5 Å². The van der Waals surface area contributed by atoms with Gasteiger partial charge in [0.15, 0.2) is 5.13 Å². The van der Waals surface area contributed by atoms with E-state index < -0.39 is 5.97 Å². The number of ether oxygens (including phenoxy) is 1. The quantitative estimate of drug-likeness (QED) is 0.796. The fraction of sp³-hybridized carbons (Fsp3) is 0.545. The Bertz CT molecular complexity index is 431. The highest BCUT2D eigenvalue weighted by Crippen LogP contribution is 2.13. The lowest BCUT2D eigenvalue weighted by Crippen LogP contribution is -2.41. The van der Waals surface area contributed by atoms with Crippen LogP contribution in [0.2, 0.25) is 0 Å². The van der Waals surface area contributed by atoms with Crippen molar-refractivity contribution >= 4 is 28.3 Å². The Morgan fingerprint density at radius 2 is 2.22 bits per heavy atom. The molecule has 0 radical (unpaired) electrons. The van der Waals surface area contributed by atoms with Crippen LogP contribution in [0.5, 0.6) is 0 Å². The highest BCUT2D eigenvalue weighted by molar-refractivity contribution is 7.13. The molecule has 0 aliphatic carbocycles. The number of rotatable bonds is 5. The summed E-state index contributed by atoms with van der Waals surface area (Å²) in [6.07, 6.45) is 0.142. The number of methoxy groups -OCH3 is 1. The third kappa shape index (κ3) is 3.99. The molecule has 1 aromatic rings. The van der Waals surface area contributed by atoms with Crippen LogP contribution in [0.3, 0.4) is 0 Å². The molecule has 0 fully saturated rings. The number of anilines is 1. The second kappa shape index (κ2) is 6.34. The first-order valence-corrected chi connectivity index (χ1v) is 6.38. The number of thiazole rings is 1. The first-order valence-electron chi connectivity index (χ1n) is 5.50. The summed E-state index contributed by atoms with van der Waals surface area (Å²) in [5.74, 6) is -0.601. The first kappa shape index (κ1) is 14.4. The summed E-state index contributed by atoms with van der Waals surface area (Å²) in [7, 11) is 1.30. The van der Waals surface area contributed by atoms with E-state index in [2.05, 4.69) is 9.72 Å². The maximum atomic E-state index is 12.1. The number of carbonyl (C=O) groups is 2. The minimum Gasteiger partial charge on any atom is -0.468 e. The van der Waals surface area contributed by atoms with E-state index in [1.54, 1.807) is 5.38 Å². The van der Waals surface area contributed by atoms with Gasteiger partial charge in [0.1, 0.15) is 6.54 Å². The standard InChI is InChI=1S/C11H17N3O3S/c1-7(2)14(5-10(16)17-3)9(15)4-8-6-18-11(12)13-8/h6-7H,4-5H2,1-3H3,(H2,12,13). The summed E-state index contributed by atoms with van der Waals surface area (Å²) in [5, 5.41) is 2.17. The molecule has 0 saturated heterocycles. The van der Waals surface area contributed by atoms with Crippen LogP contribution in [-0.2, 0) is 20.7 Å². The van der Waals surface area contributed by atoms with Crippen LogP contribution >= 0.6 is 11.3 Å². The molecule has 1 aromatic heterocycles. The Kier molecular flexibility index (Phi) is 5.08. The second-order valence-corrected chi connectivity index (χ2v) is 4.94. The number of nitrogens with two attached hydrogens (primary N) is 1. The monoisotopic (exact) mass is 271 g/mol. The number of nitrogens with zero attached hydrogens (tertiary/aromatic N) is 2. The molecule has 0 spiro atoms. The zero-order chi connectivity index (χ0) is 13.7. The maximum Gasteiger partial charge on any atom is 0.325 e. The zero-order valence-electron chi connectivity index (χ0n) is 10.7. The largest absolute Gasteiger partial charge is 0.468 e. The lowest BCUT2D eigenvalue weighted by Gasteiger charge is -2.25.